The summed E-state index contributed by atoms with van der Waals surface area (Å²) in [6, 6.07) is 2.29. The number of rotatable bonds is 4. The summed E-state index contributed by atoms with van der Waals surface area (Å²) in [5.41, 5.74) is -0.204. The fraction of sp³-hybridized carbons (Fsp3) is 0.462. The molecule has 1 saturated heterocycles. The summed E-state index contributed by atoms with van der Waals surface area (Å²) in [6.07, 6.45) is 2.13. The molecule has 21 heavy (non-hydrogen) atoms. The van der Waals surface area contributed by atoms with E-state index < -0.39 is 10.8 Å². The first-order valence-electron chi connectivity index (χ1n) is 6.48. The molecule has 8 heteroatoms. The molecule has 1 fully saturated rings. The highest BCUT2D eigenvalue weighted by Gasteiger charge is 2.21. The first-order valence-corrected chi connectivity index (χ1v) is 8.39. The predicted molar refractivity (Wildman–Crippen MR) is 85.5 cm³/mol. The monoisotopic (exact) mass is 348 g/mol. The standard InChI is InChI=1S/C13H14Cl2N2O3S/c14-11-6-9(17(19)20)5-10(12(11)15)13(18)16-7-8-1-3-21-4-2-8/h5-6,8H,1-4,7H2,(H,16,18). The molecule has 0 atom stereocenters. The second-order valence-electron chi connectivity index (χ2n) is 4.81. The molecule has 0 saturated carbocycles. The maximum absolute atomic E-state index is 12.2. The Morgan fingerprint density at radius 2 is 2.05 bits per heavy atom. The zero-order chi connectivity index (χ0) is 15.4. The Kier molecular flexibility index (Phi) is 5.72. The fourth-order valence-electron chi connectivity index (χ4n) is 2.13. The van der Waals surface area contributed by atoms with Crippen LogP contribution in [0.1, 0.15) is 23.2 Å². The van der Waals surface area contributed by atoms with E-state index in [0.29, 0.717) is 12.5 Å². The minimum atomic E-state index is -0.600. The van der Waals surface area contributed by atoms with Gasteiger partial charge >= 0.3 is 0 Å². The summed E-state index contributed by atoms with van der Waals surface area (Å²) < 4.78 is 0. The van der Waals surface area contributed by atoms with Crippen LogP contribution in [-0.4, -0.2) is 28.9 Å². The van der Waals surface area contributed by atoms with Gasteiger partial charge in [0.25, 0.3) is 11.6 Å². The third kappa shape index (κ3) is 4.25. The number of non-ortho nitro benzene ring substituents is 1. The Morgan fingerprint density at radius 3 is 2.67 bits per heavy atom. The molecule has 1 heterocycles. The lowest BCUT2D eigenvalue weighted by molar-refractivity contribution is -0.384. The lowest BCUT2D eigenvalue weighted by atomic mass is 10.0. The zero-order valence-corrected chi connectivity index (χ0v) is 13.4. The summed E-state index contributed by atoms with van der Waals surface area (Å²) in [5, 5.41) is 13.6. The van der Waals surface area contributed by atoms with E-state index >= 15 is 0 Å². The van der Waals surface area contributed by atoms with Crippen molar-refractivity contribution < 1.29 is 9.72 Å². The molecule has 1 N–H and O–H groups in total. The molecule has 0 aromatic heterocycles. The largest absolute Gasteiger partial charge is 0.352 e. The van der Waals surface area contributed by atoms with Crippen molar-refractivity contribution in [1.82, 2.24) is 5.32 Å². The number of carbonyl (C=O) groups is 1. The number of benzene rings is 1. The average Bonchev–Trinajstić information content (AvgIpc) is 2.48. The second-order valence-corrected chi connectivity index (χ2v) is 6.82. The Bertz CT molecular complexity index is 563. The number of halogens is 2. The van der Waals surface area contributed by atoms with Crippen molar-refractivity contribution in [3.8, 4) is 0 Å². The van der Waals surface area contributed by atoms with Gasteiger partial charge in [-0.05, 0) is 30.3 Å². The third-order valence-corrected chi connectivity index (χ3v) is 5.21. The molecule has 5 nitrogen and oxygen atoms in total. The van der Waals surface area contributed by atoms with Crippen LogP contribution in [-0.2, 0) is 0 Å². The van der Waals surface area contributed by atoms with Crippen LogP contribution in [0.5, 0.6) is 0 Å². The molecule has 1 aromatic carbocycles. The number of nitrogens with one attached hydrogen (secondary N) is 1. The molecule has 0 radical (unpaired) electrons. The van der Waals surface area contributed by atoms with Gasteiger partial charge in [0.1, 0.15) is 0 Å². The van der Waals surface area contributed by atoms with E-state index in [1.807, 2.05) is 11.8 Å². The van der Waals surface area contributed by atoms with Crippen LogP contribution in [0.2, 0.25) is 10.0 Å². The molecular formula is C13H14Cl2N2O3S. The fourth-order valence-corrected chi connectivity index (χ4v) is 3.74. The van der Waals surface area contributed by atoms with Crippen molar-refractivity contribution in [1.29, 1.82) is 0 Å². The number of nitro groups is 1. The molecule has 0 aliphatic carbocycles. The first-order chi connectivity index (χ1) is 9.99. The van der Waals surface area contributed by atoms with Crippen molar-refractivity contribution in [2.45, 2.75) is 12.8 Å². The normalized spacial score (nSPS) is 15.7. The van der Waals surface area contributed by atoms with Crippen LogP contribution in [0.4, 0.5) is 5.69 Å². The summed E-state index contributed by atoms with van der Waals surface area (Å²) >= 11 is 13.7. The molecule has 0 unspecified atom stereocenters. The predicted octanol–water partition coefficient (Wildman–Crippen LogP) is 3.77. The third-order valence-electron chi connectivity index (χ3n) is 3.36. The van der Waals surface area contributed by atoms with Crippen molar-refractivity contribution in [3.63, 3.8) is 0 Å². The van der Waals surface area contributed by atoms with Crippen molar-refractivity contribution in [2.24, 2.45) is 5.92 Å². The van der Waals surface area contributed by atoms with Gasteiger partial charge in [-0.15, -0.1) is 0 Å². The molecular weight excluding hydrogens is 335 g/mol. The van der Waals surface area contributed by atoms with E-state index in [4.69, 9.17) is 23.2 Å². The topological polar surface area (TPSA) is 72.2 Å². The number of carbonyl (C=O) groups excluding carboxylic acids is 1. The van der Waals surface area contributed by atoms with Crippen LogP contribution < -0.4 is 5.32 Å². The van der Waals surface area contributed by atoms with E-state index in [1.165, 1.54) is 0 Å². The van der Waals surface area contributed by atoms with E-state index in [1.54, 1.807) is 0 Å². The average molecular weight is 349 g/mol. The van der Waals surface area contributed by atoms with Gasteiger partial charge in [-0.2, -0.15) is 11.8 Å². The first kappa shape index (κ1) is 16.4. The number of nitrogens with zero attached hydrogens (tertiary/aromatic N) is 1. The van der Waals surface area contributed by atoms with Gasteiger partial charge in [0.2, 0.25) is 0 Å². The summed E-state index contributed by atoms with van der Waals surface area (Å²) in [7, 11) is 0. The molecule has 0 spiro atoms. The van der Waals surface area contributed by atoms with Gasteiger partial charge < -0.3 is 5.32 Å². The maximum Gasteiger partial charge on any atom is 0.271 e. The summed E-state index contributed by atoms with van der Waals surface area (Å²) in [6.45, 7) is 0.552. The lowest BCUT2D eigenvalue weighted by Gasteiger charge is -2.21. The van der Waals surface area contributed by atoms with Gasteiger partial charge in [-0.25, -0.2) is 0 Å². The molecule has 2 rings (SSSR count). The Labute approximate surface area is 136 Å². The van der Waals surface area contributed by atoms with Crippen LogP contribution in [0, 0.1) is 16.0 Å². The molecule has 114 valence electrons. The van der Waals surface area contributed by atoms with Crippen molar-refractivity contribution >= 4 is 46.6 Å². The minimum absolute atomic E-state index is 0.00471. The zero-order valence-electron chi connectivity index (χ0n) is 11.1. The van der Waals surface area contributed by atoms with E-state index in [0.717, 1.165) is 36.5 Å². The number of nitro benzene ring substituents is 1. The van der Waals surface area contributed by atoms with Gasteiger partial charge in [0.05, 0.1) is 20.5 Å². The minimum Gasteiger partial charge on any atom is -0.352 e. The molecule has 1 aliphatic rings. The SMILES string of the molecule is O=C(NCC1CCSCC1)c1cc([N+](=O)[O-])cc(Cl)c1Cl. The van der Waals surface area contributed by atoms with Crippen LogP contribution >= 0.6 is 35.0 Å². The smallest absolute Gasteiger partial charge is 0.271 e. The number of thioether (sulfide) groups is 1. The van der Waals surface area contributed by atoms with Crippen LogP contribution in [0.3, 0.4) is 0 Å². The van der Waals surface area contributed by atoms with E-state index in [9.17, 15) is 14.9 Å². The maximum atomic E-state index is 12.2. The Hall–Kier alpha value is -0.980. The Morgan fingerprint density at radius 1 is 1.38 bits per heavy atom. The van der Waals surface area contributed by atoms with Gasteiger partial charge in [-0.3, -0.25) is 14.9 Å². The molecule has 1 aromatic rings. The van der Waals surface area contributed by atoms with Gasteiger partial charge in [0, 0.05) is 18.7 Å². The highest BCUT2D eigenvalue weighted by atomic mass is 35.5. The lowest BCUT2D eigenvalue weighted by Crippen LogP contribution is -2.31. The Balaban J connectivity index is 2.09. The summed E-state index contributed by atoms with van der Waals surface area (Å²) in [4.78, 5) is 22.4. The number of hydrogen-bond acceptors (Lipinski definition) is 4. The molecule has 0 bridgehead atoms. The number of amides is 1. The molecule has 1 aliphatic heterocycles. The highest BCUT2D eigenvalue weighted by molar-refractivity contribution is 7.99. The van der Waals surface area contributed by atoms with Gasteiger partial charge in [0.15, 0.2) is 0 Å². The van der Waals surface area contributed by atoms with Crippen molar-refractivity contribution in [2.75, 3.05) is 18.1 Å². The highest BCUT2D eigenvalue weighted by Crippen LogP contribution is 2.31. The van der Waals surface area contributed by atoms with E-state index in [-0.39, 0.29) is 21.3 Å². The summed E-state index contributed by atoms with van der Waals surface area (Å²) in [5.74, 6) is 2.22. The van der Waals surface area contributed by atoms with Crippen LogP contribution in [0.15, 0.2) is 12.1 Å². The van der Waals surface area contributed by atoms with Gasteiger partial charge in [-0.1, -0.05) is 23.2 Å². The molecule has 1 amide bonds. The van der Waals surface area contributed by atoms with Crippen LogP contribution in [0.25, 0.3) is 0 Å². The van der Waals surface area contributed by atoms with Crippen molar-refractivity contribution in [3.05, 3.63) is 37.9 Å². The number of hydrogen-bond donors (Lipinski definition) is 1. The second kappa shape index (κ2) is 7.33. The quantitative estimate of drug-likeness (QED) is 0.663. The van der Waals surface area contributed by atoms with E-state index in [2.05, 4.69) is 5.32 Å².